The maximum Gasteiger partial charge on any atom is 0.417 e. The lowest BCUT2D eigenvalue weighted by atomic mass is 10.2. The molecule has 1 aromatic rings. The summed E-state index contributed by atoms with van der Waals surface area (Å²) in [6.07, 6.45) is -3.97. The van der Waals surface area contributed by atoms with Gasteiger partial charge in [0.15, 0.2) is 0 Å². The molecule has 0 aromatic heterocycles. The molecular formula is C14H16ClF3N2O. The number of benzene rings is 1. The highest BCUT2D eigenvalue weighted by Gasteiger charge is 2.36. The monoisotopic (exact) mass is 320 g/mol. The van der Waals surface area contributed by atoms with Crippen molar-refractivity contribution in [2.24, 2.45) is 0 Å². The number of nitrogens with zero attached hydrogens (tertiary/aromatic N) is 1. The number of carbonyl (C=O) groups excluding carboxylic acids is 1. The van der Waals surface area contributed by atoms with Crippen LogP contribution in [0, 0.1) is 0 Å². The van der Waals surface area contributed by atoms with E-state index >= 15 is 0 Å². The molecule has 3 nitrogen and oxygen atoms in total. The summed E-state index contributed by atoms with van der Waals surface area (Å²) in [5.41, 5.74) is -0.695. The number of hydrogen-bond acceptors (Lipinski definition) is 2. The number of amides is 1. The lowest BCUT2D eigenvalue weighted by molar-refractivity contribution is -0.137. The summed E-state index contributed by atoms with van der Waals surface area (Å²) in [6, 6.07) is 3.33. The highest BCUT2D eigenvalue weighted by molar-refractivity contribution is 6.31. The minimum Gasteiger partial charge on any atom is -0.311 e. The van der Waals surface area contributed by atoms with Crippen molar-refractivity contribution in [3.63, 3.8) is 0 Å². The van der Waals surface area contributed by atoms with Gasteiger partial charge in [-0.05, 0) is 24.6 Å². The molecule has 1 atom stereocenters. The Bertz CT molecular complexity index is 546. The Labute approximate surface area is 126 Å². The molecule has 1 fully saturated rings. The molecule has 0 bridgehead atoms. The molecular weight excluding hydrogens is 305 g/mol. The van der Waals surface area contributed by atoms with Gasteiger partial charge in [-0.15, -0.1) is 0 Å². The highest BCUT2D eigenvalue weighted by atomic mass is 35.5. The van der Waals surface area contributed by atoms with Gasteiger partial charge in [-0.25, -0.2) is 0 Å². The highest BCUT2D eigenvalue weighted by Crippen LogP contribution is 2.37. The second-order valence-corrected chi connectivity index (χ2v) is 5.72. The van der Waals surface area contributed by atoms with Gasteiger partial charge in [0.2, 0.25) is 5.91 Å². The molecule has 7 heteroatoms. The molecule has 0 saturated carbocycles. The molecule has 1 heterocycles. The van der Waals surface area contributed by atoms with E-state index in [2.05, 4.69) is 5.32 Å². The van der Waals surface area contributed by atoms with Crippen LogP contribution in [0.2, 0.25) is 5.02 Å². The largest absolute Gasteiger partial charge is 0.417 e. The van der Waals surface area contributed by atoms with E-state index in [4.69, 9.17) is 11.6 Å². The molecule has 116 valence electrons. The molecule has 1 N–H and O–H groups in total. The van der Waals surface area contributed by atoms with E-state index in [1.165, 1.54) is 17.0 Å². The fraction of sp³-hybridized carbons (Fsp3) is 0.500. The van der Waals surface area contributed by atoms with Crippen LogP contribution in [0.4, 0.5) is 18.9 Å². The van der Waals surface area contributed by atoms with Crippen LogP contribution in [0.5, 0.6) is 0 Å². The van der Waals surface area contributed by atoms with Crippen LogP contribution in [0.1, 0.15) is 25.8 Å². The Morgan fingerprint density at radius 2 is 2.05 bits per heavy atom. The van der Waals surface area contributed by atoms with Crippen LogP contribution < -0.4 is 10.2 Å². The molecule has 1 unspecified atom stereocenters. The smallest absolute Gasteiger partial charge is 0.311 e. The van der Waals surface area contributed by atoms with Gasteiger partial charge in [0, 0.05) is 18.3 Å². The van der Waals surface area contributed by atoms with Gasteiger partial charge in [-0.3, -0.25) is 4.79 Å². The zero-order chi connectivity index (χ0) is 15.8. The summed E-state index contributed by atoms with van der Waals surface area (Å²) in [5.74, 6) is -0.209. The number of halogens is 4. The van der Waals surface area contributed by atoms with Crippen molar-refractivity contribution in [1.29, 1.82) is 0 Å². The summed E-state index contributed by atoms with van der Waals surface area (Å²) in [6.45, 7) is 4.22. The quantitative estimate of drug-likeness (QED) is 0.925. The Morgan fingerprint density at radius 1 is 1.38 bits per heavy atom. The number of hydrogen-bond donors (Lipinski definition) is 1. The van der Waals surface area contributed by atoms with Crippen LogP contribution in [0.3, 0.4) is 0 Å². The van der Waals surface area contributed by atoms with Crippen molar-refractivity contribution in [1.82, 2.24) is 5.32 Å². The predicted octanol–water partition coefficient (Wildman–Crippen LogP) is 3.46. The van der Waals surface area contributed by atoms with Gasteiger partial charge >= 0.3 is 6.18 Å². The van der Waals surface area contributed by atoms with Crippen molar-refractivity contribution < 1.29 is 18.0 Å². The zero-order valence-electron chi connectivity index (χ0n) is 11.7. The first kappa shape index (κ1) is 16.1. The molecule has 1 amide bonds. The summed E-state index contributed by atoms with van der Waals surface area (Å²) in [7, 11) is 0. The van der Waals surface area contributed by atoms with E-state index < -0.39 is 11.7 Å². The average Bonchev–Trinajstić information content (AvgIpc) is 2.70. The average molecular weight is 321 g/mol. The van der Waals surface area contributed by atoms with Gasteiger partial charge in [-0.2, -0.15) is 13.2 Å². The van der Waals surface area contributed by atoms with E-state index in [-0.39, 0.29) is 28.7 Å². The number of alkyl halides is 3. The lowest BCUT2D eigenvalue weighted by Gasteiger charge is -2.20. The molecule has 2 rings (SSSR count). The van der Waals surface area contributed by atoms with Crippen LogP contribution in [0.15, 0.2) is 18.2 Å². The normalized spacial score (nSPS) is 19.7. The van der Waals surface area contributed by atoms with E-state index in [0.717, 1.165) is 6.07 Å². The van der Waals surface area contributed by atoms with Crippen LogP contribution in [-0.2, 0) is 11.0 Å². The van der Waals surface area contributed by atoms with Crippen molar-refractivity contribution in [3.8, 4) is 0 Å². The summed E-state index contributed by atoms with van der Waals surface area (Å²) < 4.78 is 38.6. The zero-order valence-corrected chi connectivity index (χ0v) is 12.4. The second kappa shape index (κ2) is 5.85. The van der Waals surface area contributed by atoms with Crippen LogP contribution in [0.25, 0.3) is 0 Å². The van der Waals surface area contributed by atoms with E-state index in [9.17, 15) is 18.0 Å². The molecule has 0 radical (unpaired) electrons. The van der Waals surface area contributed by atoms with Gasteiger partial charge in [0.25, 0.3) is 0 Å². The molecule has 0 aliphatic carbocycles. The molecule has 0 spiro atoms. The van der Waals surface area contributed by atoms with E-state index in [1.54, 1.807) is 0 Å². The molecule has 1 saturated heterocycles. The summed E-state index contributed by atoms with van der Waals surface area (Å²) in [4.78, 5) is 13.6. The van der Waals surface area contributed by atoms with Crippen molar-refractivity contribution in [2.45, 2.75) is 38.5 Å². The Hall–Kier alpha value is -1.27. The third-order valence-corrected chi connectivity index (χ3v) is 3.64. The summed E-state index contributed by atoms with van der Waals surface area (Å²) >= 11 is 5.59. The van der Waals surface area contributed by atoms with Gasteiger partial charge < -0.3 is 10.2 Å². The minimum atomic E-state index is -4.54. The van der Waals surface area contributed by atoms with Gasteiger partial charge in [0.05, 0.1) is 16.6 Å². The van der Waals surface area contributed by atoms with E-state index in [0.29, 0.717) is 13.0 Å². The Morgan fingerprint density at radius 3 is 2.62 bits per heavy atom. The van der Waals surface area contributed by atoms with Gasteiger partial charge in [-0.1, -0.05) is 25.4 Å². The van der Waals surface area contributed by atoms with Crippen molar-refractivity contribution in [2.75, 3.05) is 11.4 Å². The maximum absolute atomic E-state index is 12.9. The Kier molecular flexibility index (Phi) is 4.49. The fourth-order valence-corrected chi connectivity index (χ4v) is 2.62. The summed E-state index contributed by atoms with van der Waals surface area (Å²) in [5, 5.41) is 2.74. The predicted molar refractivity (Wildman–Crippen MR) is 75.5 cm³/mol. The van der Waals surface area contributed by atoms with Crippen LogP contribution in [-0.4, -0.2) is 24.5 Å². The first-order valence-electron chi connectivity index (χ1n) is 6.64. The Balaban J connectivity index is 2.26. The third kappa shape index (κ3) is 3.49. The number of nitrogens with one attached hydrogen (secondary N) is 1. The SMILES string of the molecule is CC(C)NC1CCN(c2ccc(Cl)c(C(F)(F)F)c2)C1=O. The van der Waals surface area contributed by atoms with Crippen molar-refractivity contribution in [3.05, 3.63) is 28.8 Å². The minimum absolute atomic E-state index is 0.134. The van der Waals surface area contributed by atoms with Crippen LogP contribution >= 0.6 is 11.6 Å². The topological polar surface area (TPSA) is 32.3 Å². The lowest BCUT2D eigenvalue weighted by Crippen LogP contribution is -2.41. The van der Waals surface area contributed by atoms with E-state index in [1.807, 2.05) is 13.8 Å². The standard InChI is InChI=1S/C14H16ClF3N2O/c1-8(2)19-12-5-6-20(13(12)21)9-3-4-11(15)10(7-9)14(16,17)18/h3-4,7-8,12,19H,5-6H2,1-2H3. The second-order valence-electron chi connectivity index (χ2n) is 5.31. The number of anilines is 1. The van der Waals surface area contributed by atoms with Gasteiger partial charge in [0.1, 0.15) is 0 Å². The fourth-order valence-electron chi connectivity index (χ4n) is 2.39. The maximum atomic E-state index is 12.9. The molecule has 1 aliphatic rings. The molecule has 1 aromatic carbocycles. The van der Waals surface area contributed by atoms with Crippen molar-refractivity contribution >= 4 is 23.2 Å². The molecule has 21 heavy (non-hydrogen) atoms. The third-order valence-electron chi connectivity index (χ3n) is 3.31. The number of rotatable bonds is 3. The first-order chi connectivity index (χ1) is 9.70. The molecule has 1 aliphatic heterocycles. The number of carbonyl (C=O) groups is 1. The first-order valence-corrected chi connectivity index (χ1v) is 7.02.